The Morgan fingerprint density at radius 1 is 1.23 bits per heavy atom. The first-order valence-electron chi connectivity index (χ1n) is 7.27. The number of halogens is 1. The van der Waals surface area contributed by atoms with Crippen LogP contribution in [-0.2, 0) is 15.3 Å². The predicted molar refractivity (Wildman–Crippen MR) is 93.1 cm³/mol. The molecule has 0 aromatic heterocycles. The molecule has 1 rings (SSSR count). The molecule has 0 saturated carbocycles. The zero-order chi connectivity index (χ0) is 16.5. The number of hydrogen-bond donors (Lipinski definition) is 2. The van der Waals surface area contributed by atoms with Gasteiger partial charge >= 0.3 is 0 Å². The Kier molecular flexibility index (Phi) is 8.35. The second-order valence-electron chi connectivity index (χ2n) is 5.39. The highest BCUT2D eigenvalue weighted by atomic mass is 35.5. The van der Waals surface area contributed by atoms with Gasteiger partial charge in [-0.25, -0.2) is 0 Å². The summed E-state index contributed by atoms with van der Waals surface area (Å²) >= 11 is 7.58. The number of benzene rings is 1. The van der Waals surface area contributed by atoms with E-state index in [-0.39, 0.29) is 17.7 Å². The standard InChI is InChI=1S/C16H23ClN2O2S/c1-11(2)15(19-12(3)20)16(21)18-8-9-22-10-13-4-6-14(17)7-5-13/h4-7,11,15H,8-10H2,1-3H3,(H,18,21)(H,19,20)/t15-/m1/s1. The molecule has 1 aromatic rings. The van der Waals surface area contributed by atoms with Crippen LogP contribution in [0.1, 0.15) is 26.3 Å². The maximum Gasteiger partial charge on any atom is 0.242 e. The number of carbonyl (C=O) groups is 2. The summed E-state index contributed by atoms with van der Waals surface area (Å²) in [5.74, 6) is 1.44. The Balaban J connectivity index is 2.26. The zero-order valence-corrected chi connectivity index (χ0v) is 14.8. The van der Waals surface area contributed by atoms with E-state index in [2.05, 4.69) is 10.6 Å². The van der Waals surface area contributed by atoms with Crippen molar-refractivity contribution in [3.05, 3.63) is 34.9 Å². The van der Waals surface area contributed by atoms with Crippen molar-refractivity contribution in [2.45, 2.75) is 32.6 Å². The number of thioether (sulfide) groups is 1. The topological polar surface area (TPSA) is 58.2 Å². The highest BCUT2D eigenvalue weighted by molar-refractivity contribution is 7.98. The van der Waals surface area contributed by atoms with Crippen molar-refractivity contribution in [2.75, 3.05) is 12.3 Å². The summed E-state index contributed by atoms with van der Waals surface area (Å²) in [7, 11) is 0. The van der Waals surface area contributed by atoms with E-state index in [1.807, 2.05) is 38.1 Å². The van der Waals surface area contributed by atoms with Crippen LogP contribution in [0.3, 0.4) is 0 Å². The first kappa shape index (κ1) is 18.8. The highest BCUT2D eigenvalue weighted by Crippen LogP contribution is 2.15. The highest BCUT2D eigenvalue weighted by Gasteiger charge is 2.22. The van der Waals surface area contributed by atoms with Crippen LogP contribution in [0.25, 0.3) is 0 Å². The molecule has 1 aromatic carbocycles. The molecule has 0 bridgehead atoms. The first-order valence-corrected chi connectivity index (χ1v) is 8.80. The molecule has 0 fully saturated rings. The van der Waals surface area contributed by atoms with Crippen molar-refractivity contribution < 1.29 is 9.59 Å². The molecular weight excluding hydrogens is 320 g/mol. The lowest BCUT2D eigenvalue weighted by atomic mass is 10.0. The van der Waals surface area contributed by atoms with E-state index in [0.717, 1.165) is 16.5 Å². The van der Waals surface area contributed by atoms with E-state index in [1.54, 1.807) is 11.8 Å². The molecule has 2 N–H and O–H groups in total. The van der Waals surface area contributed by atoms with Gasteiger partial charge in [0.15, 0.2) is 0 Å². The van der Waals surface area contributed by atoms with Gasteiger partial charge in [0.25, 0.3) is 0 Å². The first-order chi connectivity index (χ1) is 10.4. The van der Waals surface area contributed by atoms with E-state index in [4.69, 9.17) is 11.6 Å². The van der Waals surface area contributed by atoms with Gasteiger partial charge in [0.2, 0.25) is 11.8 Å². The fourth-order valence-electron chi connectivity index (χ4n) is 1.88. The molecule has 122 valence electrons. The second kappa shape index (κ2) is 9.74. The van der Waals surface area contributed by atoms with Crippen LogP contribution in [0.4, 0.5) is 0 Å². The molecule has 0 unspecified atom stereocenters. The van der Waals surface area contributed by atoms with E-state index in [9.17, 15) is 9.59 Å². The molecule has 1 atom stereocenters. The number of carbonyl (C=O) groups excluding carboxylic acids is 2. The van der Waals surface area contributed by atoms with E-state index >= 15 is 0 Å². The Hall–Kier alpha value is -1.20. The molecule has 0 saturated heterocycles. The van der Waals surface area contributed by atoms with Gasteiger partial charge in [-0.1, -0.05) is 37.6 Å². The van der Waals surface area contributed by atoms with Crippen LogP contribution in [0.15, 0.2) is 24.3 Å². The predicted octanol–water partition coefficient (Wildman–Crippen LogP) is 2.85. The molecule has 0 aliphatic rings. The average Bonchev–Trinajstić information content (AvgIpc) is 2.45. The van der Waals surface area contributed by atoms with E-state index < -0.39 is 6.04 Å². The Bertz CT molecular complexity index is 491. The van der Waals surface area contributed by atoms with Crippen molar-refractivity contribution >= 4 is 35.2 Å². The molecule has 22 heavy (non-hydrogen) atoms. The second-order valence-corrected chi connectivity index (χ2v) is 6.93. The van der Waals surface area contributed by atoms with Gasteiger partial charge in [0, 0.05) is 30.0 Å². The van der Waals surface area contributed by atoms with Crippen LogP contribution < -0.4 is 10.6 Å². The smallest absolute Gasteiger partial charge is 0.242 e. The van der Waals surface area contributed by atoms with Gasteiger partial charge in [-0.2, -0.15) is 11.8 Å². The third-order valence-corrected chi connectivity index (χ3v) is 4.32. The van der Waals surface area contributed by atoms with Crippen molar-refractivity contribution in [2.24, 2.45) is 5.92 Å². The van der Waals surface area contributed by atoms with Gasteiger partial charge in [0.1, 0.15) is 6.04 Å². The molecule has 2 amide bonds. The minimum Gasteiger partial charge on any atom is -0.353 e. The SMILES string of the molecule is CC(=O)N[C@@H](C(=O)NCCSCc1ccc(Cl)cc1)C(C)C. The zero-order valence-electron chi connectivity index (χ0n) is 13.2. The summed E-state index contributed by atoms with van der Waals surface area (Å²) in [4.78, 5) is 23.2. The molecule has 6 heteroatoms. The maximum absolute atomic E-state index is 12.0. The minimum absolute atomic E-state index is 0.0608. The van der Waals surface area contributed by atoms with Crippen LogP contribution in [0.5, 0.6) is 0 Å². The lowest BCUT2D eigenvalue weighted by molar-refractivity contribution is -0.129. The van der Waals surface area contributed by atoms with Gasteiger partial charge in [-0.05, 0) is 23.6 Å². The molecule has 0 aliphatic heterocycles. The van der Waals surface area contributed by atoms with Crippen LogP contribution in [0, 0.1) is 5.92 Å². The molecule has 4 nitrogen and oxygen atoms in total. The van der Waals surface area contributed by atoms with Gasteiger partial charge in [0.05, 0.1) is 0 Å². The third-order valence-electron chi connectivity index (χ3n) is 3.04. The molecule has 0 spiro atoms. The fraction of sp³-hybridized carbons (Fsp3) is 0.500. The summed E-state index contributed by atoms with van der Waals surface area (Å²) < 4.78 is 0. The molecule has 0 heterocycles. The van der Waals surface area contributed by atoms with E-state index in [1.165, 1.54) is 12.5 Å². The number of rotatable bonds is 8. The number of nitrogens with one attached hydrogen (secondary N) is 2. The summed E-state index contributed by atoms with van der Waals surface area (Å²) in [5.41, 5.74) is 1.21. The molecule has 0 radical (unpaired) electrons. The molecule has 0 aliphatic carbocycles. The quantitative estimate of drug-likeness (QED) is 0.714. The Morgan fingerprint density at radius 2 is 1.86 bits per heavy atom. The van der Waals surface area contributed by atoms with Crippen LogP contribution in [0.2, 0.25) is 5.02 Å². The number of amides is 2. The van der Waals surface area contributed by atoms with Crippen molar-refractivity contribution in [1.82, 2.24) is 10.6 Å². The average molecular weight is 343 g/mol. The lowest BCUT2D eigenvalue weighted by Crippen LogP contribution is -2.49. The Morgan fingerprint density at radius 3 is 2.41 bits per heavy atom. The van der Waals surface area contributed by atoms with E-state index in [0.29, 0.717) is 6.54 Å². The van der Waals surface area contributed by atoms with Gasteiger partial charge in [-0.15, -0.1) is 0 Å². The van der Waals surface area contributed by atoms with Crippen molar-refractivity contribution in [3.63, 3.8) is 0 Å². The van der Waals surface area contributed by atoms with Crippen LogP contribution >= 0.6 is 23.4 Å². The Labute approximate surface area is 141 Å². The lowest BCUT2D eigenvalue weighted by Gasteiger charge is -2.20. The fourth-order valence-corrected chi connectivity index (χ4v) is 2.83. The van der Waals surface area contributed by atoms with Gasteiger partial charge in [-0.3, -0.25) is 9.59 Å². The minimum atomic E-state index is -0.473. The number of hydrogen-bond acceptors (Lipinski definition) is 3. The van der Waals surface area contributed by atoms with Crippen molar-refractivity contribution in [1.29, 1.82) is 0 Å². The molecular formula is C16H23ClN2O2S. The third kappa shape index (κ3) is 7.18. The normalized spacial score (nSPS) is 12.0. The van der Waals surface area contributed by atoms with Gasteiger partial charge < -0.3 is 10.6 Å². The monoisotopic (exact) mass is 342 g/mol. The summed E-state index contributed by atoms with van der Waals surface area (Å²) in [5, 5.41) is 6.28. The summed E-state index contributed by atoms with van der Waals surface area (Å²) in [6.45, 7) is 5.83. The maximum atomic E-state index is 12.0. The van der Waals surface area contributed by atoms with Crippen LogP contribution in [-0.4, -0.2) is 30.2 Å². The largest absolute Gasteiger partial charge is 0.353 e. The summed E-state index contributed by atoms with van der Waals surface area (Å²) in [6, 6.07) is 7.28. The van der Waals surface area contributed by atoms with Crippen molar-refractivity contribution in [3.8, 4) is 0 Å². The summed E-state index contributed by atoms with van der Waals surface area (Å²) in [6.07, 6.45) is 0.